The number of carboxylic acids is 1. The zero-order valence-electron chi connectivity index (χ0n) is 20.4. The van der Waals surface area contributed by atoms with Gasteiger partial charge in [-0.3, -0.25) is 0 Å². The fourth-order valence-electron chi connectivity index (χ4n) is 4.04. The van der Waals surface area contributed by atoms with Crippen LogP contribution in [0.15, 0.2) is 78.5 Å². The van der Waals surface area contributed by atoms with Crippen molar-refractivity contribution in [2.45, 2.75) is 31.3 Å². The van der Waals surface area contributed by atoms with E-state index in [1.165, 1.54) is 0 Å². The van der Waals surface area contributed by atoms with Crippen molar-refractivity contribution in [3.8, 4) is 0 Å². The summed E-state index contributed by atoms with van der Waals surface area (Å²) in [6.07, 6.45) is 7.52. The molecule has 0 saturated carbocycles. The summed E-state index contributed by atoms with van der Waals surface area (Å²) in [5, 5.41) is 15.8. The third-order valence-corrected chi connectivity index (χ3v) is 5.87. The van der Waals surface area contributed by atoms with Crippen LogP contribution in [0.1, 0.15) is 18.4 Å². The van der Waals surface area contributed by atoms with Crippen molar-refractivity contribution in [2.24, 2.45) is 0 Å². The first-order chi connectivity index (χ1) is 16.8. The summed E-state index contributed by atoms with van der Waals surface area (Å²) in [5.41, 5.74) is 9.24. The molecule has 3 rings (SSSR count). The predicted octanol–water partition coefficient (Wildman–Crippen LogP) is 3.23. The first-order valence-electron chi connectivity index (χ1n) is 11.8. The maximum Gasteiger partial charge on any atom is 0.330 e. The molecule has 0 aromatic heterocycles. The summed E-state index contributed by atoms with van der Waals surface area (Å²) in [6.45, 7) is 1.39. The van der Waals surface area contributed by atoms with Crippen LogP contribution >= 0.6 is 0 Å². The van der Waals surface area contributed by atoms with Gasteiger partial charge in [0.05, 0.1) is 17.4 Å². The largest absolute Gasteiger partial charge is 0.479 e. The molecule has 0 bridgehead atoms. The average Bonchev–Trinajstić information content (AvgIpc) is 2.84. The number of amides is 2. The first-order valence-corrected chi connectivity index (χ1v) is 11.8. The normalized spacial score (nSPS) is 16.0. The van der Waals surface area contributed by atoms with Gasteiger partial charge in [0.2, 0.25) is 0 Å². The number of hydrogen-bond acceptors (Lipinski definition) is 5. The van der Waals surface area contributed by atoms with Gasteiger partial charge < -0.3 is 31.3 Å². The molecule has 2 aromatic rings. The summed E-state index contributed by atoms with van der Waals surface area (Å²) < 4.78 is 0. The SMILES string of the molecule is CN(C)CCCC(NC(=O)NCCc1ccccc1)C1=CN(c2ccccc2N)C(C(=O)O)C=C1. The van der Waals surface area contributed by atoms with Crippen LogP contribution < -0.4 is 21.3 Å². The van der Waals surface area contributed by atoms with Crippen LogP contribution in [0.4, 0.5) is 16.2 Å². The lowest BCUT2D eigenvalue weighted by Gasteiger charge is -2.32. The molecule has 2 amide bonds. The van der Waals surface area contributed by atoms with Crippen molar-refractivity contribution in [3.63, 3.8) is 0 Å². The highest BCUT2D eigenvalue weighted by Gasteiger charge is 2.28. The molecule has 1 aliphatic rings. The van der Waals surface area contributed by atoms with Gasteiger partial charge in [0.15, 0.2) is 0 Å². The number of anilines is 2. The van der Waals surface area contributed by atoms with Gasteiger partial charge in [0.25, 0.3) is 0 Å². The number of aliphatic carboxylic acids is 1. The Hall–Kier alpha value is -3.78. The molecule has 2 unspecified atom stereocenters. The lowest BCUT2D eigenvalue weighted by atomic mass is 9.97. The van der Waals surface area contributed by atoms with Crippen LogP contribution in [0.5, 0.6) is 0 Å². The number of para-hydroxylation sites is 2. The molecule has 5 N–H and O–H groups in total. The smallest absolute Gasteiger partial charge is 0.330 e. The summed E-state index contributed by atoms with van der Waals surface area (Å²) in [7, 11) is 4.02. The molecule has 1 aliphatic heterocycles. The van der Waals surface area contributed by atoms with E-state index in [1.807, 2.05) is 56.6 Å². The fourth-order valence-corrected chi connectivity index (χ4v) is 4.04. The van der Waals surface area contributed by atoms with E-state index in [9.17, 15) is 14.7 Å². The average molecular weight is 478 g/mol. The molecule has 35 heavy (non-hydrogen) atoms. The third-order valence-electron chi connectivity index (χ3n) is 5.87. The Kier molecular flexibility index (Phi) is 9.31. The lowest BCUT2D eigenvalue weighted by molar-refractivity contribution is -0.137. The number of urea groups is 1. The van der Waals surface area contributed by atoms with Gasteiger partial charge in [0.1, 0.15) is 6.04 Å². The molecule has 0 fully saturated rings. The summed E-state index contributed by atoms with van der Waals surface area (Å²) >= 11 is 0. The van der Waals surface area contributed by atoms with Crippen molar-refractivity contribution in [1.29, 1.82) is 0 Å². The quantitative estimate of drug-likeness (QED) is 0.370. The van der Waals surface area contributed by atoms with Crippen LogP contribution in [0.3, 0.4) is 0 Å². The molecule has 2 atom stereocenters. The van der Waals surface area contributed by atoms with Crippen LogP contribution in [-0.2, 0) is 11.2 Å². The molecule has 0 saturated heterocycles. The second-order valence-electron chi connectivity index (χ2n) is 8.87. The van der Waals surface area contributed by atoms with Crippen LogP contribution in [-0.4, -0.2) is 61.3 Å². The van der Waals surface area contributed by atoms with E-state index < -0.39 is 12.0 Å². The Balaban J connectivity index is 1.75. The fraction of sp³-hybridized carbons (Fsp3) is 0.333. The van der Waals surface area contributed by atoms with Gasteiger partial charge in [-0.2, -0.15) is 0 Å². The second kappa shape index (κ2) is 12.6. The Morgan fingerprint density at radius 2 is 1.83 bits per heavy atom. The lowest BCUT2D eigenvalue weighted by Crippen LogP contribution is -2.45. The highest BCUT2D eigenvalue weighted by molar-refractivity contribution is 5.85. The van der Waals surface area contributed by atoms with E-state index in [0.717, 1.165) is 30.5 Å². The molecule has 8 nitrogen and oxygen atoms in total. The highest BCUT2D eigenvalue weighted by Crippen LogP contribution is 2.30. The molecular formula is C27H35N5O3. The topological polar surface area (TPSA) is 111 Å². The minimum atomic E-state index is -0.976. The van der Waals surface area contributed by atoms with Crippen molar-refractivity contribution in [1.82, 2.24) is 15.5 Å². The Labute approximate surface area is 207 Å². The van der Waals surface area contributed by atoms with Crippen LogP contribution in [0.2, 0.25) is 0 Å². The summed E-state index contributed by atoms with van der Waals surface area (Å²) in [5.74, 6) is -0.976. The van der Waals surface area contributed by atoms with Crippen molar-refractivity contribution >= 4 is 23.4 Å². The van der Waals surface area contributed by atoms with Crippen LogP contribution in [0, 0.1) is 0 Å². The summed E-state index contributed by atoms with van der Waals surface area (Å²) in [4.78, 5) is 28.4. The molecule has 1 heterocycles. The molecule has 0 radical (unpaired) electrons. The molecule has 0 spiro atoms. The zero-order chi connectivity index (χ0) is 25.2. The minimum Gasteiger partial charge on any atom is -0.479 e. The second-order valence-corrected chi connectivity index (χ2v) is 8.87. The number of nitrogen functional groups attached to an aromatic ring is 1. The maximum atomic E-state index is 12.7. The molecule has 186 valence electrons. The Bertz CT molecular complexity index is 1050. The van der Waals surface area contributed by atoms with Gasteiger partial charge in [-0.25, -0.2) is 9.59 Å². The number of rotatable bonds is 11. The molecule has 2 aromatic carbocycles. The van der Waals surface area contributed by atoms with Gasteiger partial charge in [-0.1, -0.05) is 54.6 Å². The number of carbonyl (C=O) groups is 2. The first kappa shape index (κ1) is 25.8. The Morgan fingerprint density at radius 1 is 1.11 bits per heavy atom. The van der Waals surface area contributed by atoms with Gasteiger partial charge in [-0.05, 0) is 63.2 Å². The van der Waals surface area contributed by atoms with E-state index in [0.29, 0.717) is 24.3 Å². The Morgan fingerprint density at radius 3 is 2.51 bits per heavy atom. The third kappa shape index (κ3) is 7.61. The molecular weight excluding hydrogens is 442 g/mol. The zero-order valence-corrected chi connectivity index (χ0v) is 20.4. The number of carbonyl (C=O) groups excluding carboxylic acids is 1. The van der Waals surface area contributed by atoms with E-state index in [4.69, 9.17) is 5.73 Å². The predicted molar refractivity (Wildman–Crippen MR) is 140 cm³/mol. The minimum absolute atomic E-state index is 0.254. The number of carboxylic acid groups (broad SMARTS) is 1. The van der Waals surface area contributed by atoms with Crippen molar-refractivity contribution in [2.75, 3.05) is 37.8 Å². The summed E-state index contributed by atoms with van der Waals surface area (Å²) in [6, 6.07) is 15.7. The monoisotopic (exact) mass is 477 g/mol. The van der Waals surface area contributed by atoms with Gasteiger partial charge in [-0.15, -0.1) is 0 Å². The standard InChI is InChI=1S/C27H35N5O3/c1-31(2)18-8-12-23(30-27(35)29-17-16-20-9-4-3-5-10-20)21-14-15-25(26(33)34)32(19-21)24-13-7-6-11-22(24)28/h3-7,9-11,13-15,19,23,25H,8,12,16-18,28H2,1-2H3,(H,33,34)(H2,29,30,35). The van der Waals surface area contributed by atoms with Gasteiger partial charge in [0, 0.05) is 12.7 Å². The van der Waals surface area contributed by atoms with E-state index >= 15 is 0 Å². The van der Waals surface area contributed by atoms with Crippen molar-refractivity contribution in [3.05, 3.63) is 84.1 Å². The van der Waals surface area contributed by atoms with E-state index in [2.05, 4.69) is 15.5 Å². The number of hydrogen-bond donors (Lipinski definition) is 4. The van der Waals surface area contributed by atoms with Gasteiger partial charge >= 0.3 is 12.0 Å². The number of nitrogens with one attached hydrogen (secondary N) is 2. The highest BCUT2D eigenvalue weighted by atomic mass is 16.4. The number of nitrogens with two attached hydrogens (primary N) is 1. The van der Waals surface area contributed by atoms with Crippen molar-refractivity contribution < 1.29 is 14.7 Å². The van der Waals surface area contributed by atoms with E-state index in [-0.39, 0.29) is 12.1 Å². The molecule has 0 aliphatic carbocycles. The number of benzene rings is 2. The number of nitrogens with zero attached hydrogens (tertiary/aromatic N) is 2. The van der Waals surface area contributed by atoms with Crippen LogP contribution in [0.25, 0.3) is 0 Å². The maximum absolute atomic E-state index is 12.7. The molecule has 8 heteroatoms. The van der Waals surface area contributed by atoms with E-state index in [1.54, 1.807) is 35.4 Å².